The van der Waals surface area contributed by atoms with Crippen LogP contribution >= 0.6 is 0 Å². The molecule has 2 saturated heterocycles. The van der Waals surface area contributed by atoms with Gasteiger partial charge in [-0.1, -0.05) is 11.6 Å². The number of methoxy groups -OCH3 is 1. The van der Waals surface area contributed by atoms with E-state index in [4.69, 9.17) is 9.47 Å². The van der Waals surface area contributed by atoms with Crippen LogP contribution in [0.3, 0.4) is 0 Å². The Labute approximate surface area is 154 Å². The maximum Gasteiger partial charge on any atom is 0.270 e. The third kappa shape index (κ3) is 2.83. The van der Waals surface area contributed by atoms with Gasteiger partial charge < -0.3 is 19.4 Å². The number of likely N-dealkylation sites (tertiary alicyclic amines) is 1. The molecule has 1 atom stereocenters. The van der Waals surface area contributed by atoms with Crippen molar-refractivity contribution < 1.29 is 14.3 Å². The van der Waals surface area contributed by atoms with Crippen molar-refractivity contribution in [2.24, 2.45) is 0 Å². The molecule has 140 valence electrons. The molecule has 1 aromatic carbocycles. The summed E-state index contributed by atoms with van der Waals surface area (Å²) in [5.41, 5.74) is 3.78. The second-order valence-corrected chi connectivity index (χ2v) is 7.75. The lowest BCUT2D eigenvalue weighted by atomic mass is 9.81. The Kier molecular flexibility index (Phi) is 4.53. The van der Waals surface area contributed by atoms with Crippen LogP contribution in [0.4, 0.5) is 0 Å². The van der Waals surface area contributed by atoms with Gasteiger partial charge in [0.05, 0.1) is 11.7 Å². The molecule has 26 heavy (non-hydrogen) atoms. The fourth-order valence-corrected chi connectivity index (χ4v) is 4.60. The molecule has 0 aliphatic carbocycles. The van der Waals surface area contributed by atoms with Gasteiger partial charge in [0, 0.05) is 37.7 Å². The van der Waals surface area contributed by atoms with Crippen LogP contribution in [-0.4, -0.2) is 54.3 Å². The third-order valence-electron chi connectivity index (χ3n) is 6.20. The topological polar surface area (TPSA) is 54.6 Å². The number of aromatic nitrogens is 1. The molecule has 3 heterocycles. The van der Waals surface area contributed by atoms with Gasteiger partial charge in [-0.3, -0.25) is 4.79 Å². The number of ether oxygens (including phenoxy) is 2. The fourth-order valence-electron chi connectivity index (χ4n) is 4.60. The molecular formula is C21H28N2O3. The number of hydrogen-bond donors (Lipinski definition) is 1. The van der Waals surface area contributed by atoms with Gasteiger partial charge in [-0.2, -0.15) is 0 Å². The zero-order chi connectivity index (χ0) is 18.3. The van der Waals surface area contributed by atoms with Crippen molar-refractivity contribution >= 4 is 16.8 Å². The lowest BCUT2D eigenvalue weighted by Gasteiger charge is -2.47. The maximum absolute atomic E-state index is 13.1. The van der Waals surface area contributed by atoms with E-state index in [2.05, 4.69) is 30.1 Å². The smallest absolute Gasteiger partial charge is 0.270 e. The van der Waals surface area contributed by atoms with E-state index in [0.29, 0.717) is 13.1 Å². The van der Waals surface area contributed by atoms with E-state index in [-0.39, 0.29) is 17.6 Å². The first-order valence-electron chi connectivity index (χ1n) is 9.59. The minimum Gasteiger partial charge on any atom is -0.378 e. The fraction of sp³-hybridized carbons (Fsp3) is 0.571. The van der Waals surface area contributed by atoms with E-state index in [1.165, 1.54) is 5.56 Å². The van der Waals surface area contributed by atoms with Crippen LogP contribution in [0.2, 0.25) is 0 Å². The Morgan fingerprint density at radius 1 is 1.31 bits per heavy atom. The molecule has 4 rings (SSSR count). The lowest BCUT2D eigenvalue weighted by Crippen LogP contribution is -2.56. The van der Waals surface area contributed by atoms with Gasteiger partial charge in [0.2, 0.25) is 0 Å². The van der Waals surface area contributed by atoms with Crippen LogP contribution in [0.25, 0.3) is 10.9 Å². The highest BCUT2D eigenvalue weighted by molar-refractivity contribution is 6.01. The van der Waals surface area contributed by atoms with Gasteiger partial charge in [-0.05, 0) is 57.2 Å². The van der Waals surface area contributed by atoms with Crippen molar-refractivity contribution in [3.8, 4) is 0 Å². The summed E-state index contributed by atoms with van der Waals surface area (Å²) in [6.45, 7) is 6.34. The molecule has 5 nitrogen and oxygen atoms in total. The average Bonchev–Trinajstić information content (AvgIpc) is 2.98. The molecular weight excluding hydrogens is 328 g/mol. The summed E-state index contributed by atoms with van der Waals surface area (Å²) in [5, 5.41) is 1.14. The molecule has 2 aliphatic heterocycles. The minimum absolute atomic E-state index is 0.0935. The number of rotatable bonds is 2. The molecule has 2 fully saturated rings. The van der Waals surface area contributed by atoms with Crippen molar-refractivity contribution in [2.45, 2.75) is 51.2 Å². The first-order valence-corrected chi connectivity index (χ1v) is 9.59. The molecule has 1 N–H and O–H groups in total. The number of aryl methyl sites for hydroxylation is 2. The van der Waals surface area contributed by atoms with Crippen molar-refractivity contribution in [3.63, 3.8) is 0 Å². The quantitative estimate of drug-likeness (QED) is 0.895. The predicted molar refractivity (Wildman–Crippen MR) is 102 cm³/mol. The highest BCUT2D eigenvalue weighted by Gasteiger charge is 2.45. The number of hydrogen-bond acceptors (Lipinski definition) is 3. The van der Waals surface area contributed by atoms with E-state index >= 15 is 0 Å². The first kappa shape index (κ1) is 17.6. The van der Waals surface area contributed by atoms with Crippen LogP contribution in [0.1, 0.15) is 47.3 Å². The number of fused-ring (bicyclic) bond motifs is 1. The number of nitrogens with one attached hydrogen (secondary N) is 1. The molecule has 2 aromatic rings. The molecule has 0 unspecified atom stereocenters. The molecule has 0 bridgehead atoms. The van der Waals surface area contributed by atoms with Crippen LogP contribution < -0.4 is 0 Å². The van der Waals surface area contributed by atoms with Crippen LogP contribution in [-0.2, 0) is 9.47 Å². The Morgan fingerprint density at radius 3 is 2.81 bits per heavy atom. The number of benzene rings is 1. The maximum atomic E-state index is 13.1. The molecule has 1 spiro atoms. The highest BCUT2D eigenvalue weighted by atomic mass is 16.5. The number of carbonyl (C=O) groups excluding carboxylic acids is 1. The van der Waals surface area contributed by atoms with E-state index in [9.17, 15) is 4.79 Å². The number of H-pyrrole nitrogens is 1. The van der Waals surface area contributed by atoms with E-state index in [1.54, 1.807) is 7.11 Å². The summed E-state index contributed by atoms with van der Waals surface area (Å²) in [7, 11) is 1.77. The van der Waals surface area contributed by atoms with Gasteiger partial charge in [0.15, 0.2) is 0 Å². The standard InChI is InChI=1S/C21H28N2O3/c1-14-6-7-17-16(13-14)15(2)19(22-17)20(24)23-10-8-21(9-11-23)18(25-3)5-4-12-26-21/h6-7,13,18,22H,4-5,8-12H2,1-3H3/t18-/m1/s1. The van der Waals surface area contributed by atoms with E-state index in [1.807, 2.05) is 11.8 Å². The monoisotopic (exact) mass is 356 g/mol. The number of piperidine rings is 1. The van der Waals surface area contributed by atoms with Crippen molar-refractivity contribution in [2.75, 3.05) is 26.8 Å². The predicted octanol–water partition coefficient (Wildman–Crippen LogP) is 3.58. The van der Waals surface area contributed by atoms with Gasteiger partial charge >= 0.3 is 0 Å². The molecule has 0 radical (unpaired) electrons. The number of carbonyl (C=O) groups is 1. The van der Waals surface area contributed by atoms with Gasteiger partial charge in [0.25, 0.3) is 5.91 Å². The number of amides is 1. The van der Waals surface area contributed by atoms with Crippen molar-refractivity contribution in [1.29, 1.82) is 0 Å². The zero-order valence-corrected chi connectivity index (χ0v) is 15.9. The summed E-state index contributed by atoms with van der Waals surface area (Å²) >= 11 is 0. The van der Waals surface area contributed by atoms with Gasteiger partial charge in [-0.15, -0.1) is 0 Å². The second-order valence-electron chi connectivity index (χ2n) is 7.75. The largest absolute Gasteiger partial charge is 0.378 e. The summed E-state index contributed by atoms with van der Waals surface area (Å²) in [4.78, 5) is 18.4. The third-order valence-corrected chi connectivity index (χ3v) is 6.20. The molecule has 1 aromatic heterocycles. The molecule has 2 aliphatic rings. The molecule has 0 saturated carbocycles. The van der Waals surface area contributed by atoms with E-state index in [0.717, 1.165) is 54.5 Å². The summed E-state index contributed by atoms with van der Waals surface area (Å²) in [6.07, 6.45) is 3.93. The van der Waals surface area contributed by atoms with Crippen molar-refractivity contribution in [1.82, 2.24) is 9.88 Å². The first-order chi connectivity index (χ1) is 12.5. The summed E-state index contributed by atoms with van der Waals surface area (Å²) in [6, 6.07) is 6.27. The Hall–Kier alpha value is -1.85. The average molecular weight is 356 g/mol. The van der Waals surface area contributed by atoms with Crippen LogP contribution in [0.15, 0.2) is 18.2 Å². The summed E-state index contributed by atoms with van der Waals surface area (Å²) < 4.78 is 11.9. The minimum atomic E-state index is -0.212. The summed E-state index contributed by atoms with van der Waals surface area (Å²) in [5.74, 6) is 0.0935. The Bertz CT molecular complexity index is 818. The van der Waals surface area contributed by atoms with Crippen molar-refractivity contribution in [3.05, 3.63) is 35.0 Å². The highest BCUT2D eigenvalue weighted by Crippen LogP contribution is 2.37. The Balaban J connectivity index is 1.53. The van der Waals surface area contributed by atoms with Gasteiger partial charge in [-0.25, -0.2) is 0 Å². The number of aromatic amines is 1. The molecule has 5 heteroatoms. The van der Waals surface area contributed by atoms with Crippen LogP contribution in [0, 0.1) is 13.8 Å². The van der Waals surface area contributed by atoms with E-state index < -0.39 is 0 Å². The second kappa shape index (κ2) is 6.71. The lowest BCUT2D eigenvalue weighted by molar-refractivity contribution is -0.183. The normalized spacial score (nSPS) is 22.9. The van der Waals surface area contributed by atoms with Gasteiger partial charge in [0.1, 0.15) is 5.69 Å². The van der Waals surface area contributed by atoms with Crippen LogP contribution in [0.5, 0.6) is 0 Å². The number of nitrogens with zero attached hydrogens (tertiary/aromatic N) is 1. The Morgan fingerprint density at radius 2 is 2.08 bits per heavy atom. The molecule has 1 amide bonds. The SMILES string of the molecule is CO[C@@H]1CCCOC12CCN(C(=O)c1[nH]c3ccc(C)cc3c1C)CC2. The zero-order valence-electron chi connectivity index (χ0n) is 15.9.